The van der Waals surface area contributed by atoms with Crippen molar-refractivity contribution in [3.8, 4) is 0 Å². The quantitative estimate of drug-likeness (QED) is 0.618. The fraction of sp³-hybridized carbons (Fsp3) is 0.435. The number of benzene rings is 2. The first-order valence-electron chi connectivity index (χ1n) is 11.4. The van der Waals surface area contributed by atoms with Gasteiger partial charge in [0.15, 0.2) is 0 Å². The summed E-state index contributed by atoms with van der Waals surface area (Å²) in [7, 11) is -5.50. The van der Waals surface area contributed by atoms with Crippen molar-refractivity contribution in [2.75, 3.05) is 51.6 Å². The van der Waals surface area contributed by atoms with Gasteiger partial charge < -0.3 is 10.2 Å². The Balaban J connectivity index is 1.40. The number of hydrogen-bond donors (Lipinski definition) is 1. The lowest BCUT2D eigenvalue weighted by atomic mass is 9.99. The third-order valence-corrected chi connectivity index (χ3v) is 10.2. The Hall–Kier alpha value is -2.38. The van der Waals surface area contributed by atoms with Crippen LogP contribution in [0.2, 0.25) is 0 Å². The van der Waals surface area contributed by atoms with E-state index >= 15 is 0 Å². The van der Waals surface area contributed by atoms with E-state index in [1.165, 1.54) is 45.0 Å². The highest BCUT2D eigenvalue weighted by molar-refractivity contribution is 7.89. The number of piperazine rings is 1. The third-order valence-electron chi connectivity index (χ3n) is 6.43. The van der Waals surface area contributed by atoms with E-state index in [0.29, 0.717) is 44.7 Å². The molecule has 0 aromatic heterocycles. The first-order valence-corrected chi connectivity index (χ1v) is 14.3. The number of sulfonamides is 2. The van der Waals surface area contributed by atoms with Gasteiger partial charge in [0, 0.05) is 45.0 Å². The SMILES string of the molecule is CN1CCN(S(=O)(=O)c2ccc(NC(=O)[C@H]3CCCN(S(=O)(=O)c4ccc(F)cc4)C3)cc2)CC1. The largest absolute Gasteiger partial charge is 0.326 e. The second kappa shape index (κ2) is 10.3. The lowest BCUT2D eigenvalue weighted by Gasteiger charge is -2.31. The van der Waals surface area contributed by atoms with Gasteiger partial charge >= 0.3 is 0 Å². The molecular weight excluding hydrogens is 495 g/mol. The predicted molar refractivity (Wildman–Crippen MR) is 129 cm³/mol. The number of hydrogen-bond acceptors (Lipinski definition) is 6. The zero-order valence-electron chi connectivity index (χ0n) is 19.4. The predicted octanol–water partition coefficient (Wildman–Crippen LogP) is 1.80. The number of anilines is 1. The van der Waals surface area contributed by atoms with Crippen molar-refractivity contribution in [3.63, 3.8) is 0 Å². The van der Waals surface area contributed by atoms with Gasteiger partial charge in [-0.15, -0.1) is 0 Å². The molecule has 2 heterocycles. The molecule has 190 valence electrons. The minimum atomic E-state index is -3.84. The molecule has 0 unspecified atom stereocenters. The Morgan fingerprint density at radius 3 is 1.97 bits per heavy atom. The maximum atomic E-state index is 13.2. The van der Waals surface area contributed by atoms with Gasteiger partial charge in [0.05, 0.1) is 15.7 Å². The number of amides is 1. The molecular formula is C23H29FN4O5S2. The number of nitrogens with zero attached hydrogens (tertiary/aromatic N) is 3. The number of rotatable bonds is 6. The van der Waals surface area contributed by atoms with Crippen LogP contribution in [0.5, 0.6) is 0 Å². The number of carbonyl (C=O) groups excluding carboxylic acids is 1. The Morgan fingerprint density at radius 1 is 0.829 bits per heavy atom. The molecule has 0 bridgehead atoms. The van der Waals surface area contributed by atoms with Crippen molar-refractivity contribution >= 4 is 31.6 Å². The summed E-state index contributed by atoms with van der Waals surface area (Å²) in [5.74, 6) is -1.42. The van der Waals surface area contributed by atoms with Gasteiger partial charge in [-0.05, 0) is 68.4 Å². The summed E-state index contributed by atoms with van der Waals surface area (Å²) in [6, 6.07) is 10.6. The first kappa shape index (κ1) is 25.7. The molecule has 1 amide bonds. The molecule has 1 N–H and O–H groups in total. The van der Waals surface area contributed by atoms with Crippen molar-refractivity contribution in [1.82, 2.24) is 13.5 Å². The van der Waals surface area contributed by atoms with Gasteiger partial charge in [0.1, 0.15) is 5.82 Å². The summed E-state index contributed by atoms with van der Waals surface area (Å²) in [6.45, 7) is 2.49. The summed E-state index contributed by atoms with van der Waals surface area (Å²) < 4.78 is 67.5. The summed E-state index contributed by atoms with van der Waals surface area (Å²) in [5, 5.41) is 2.77. The molecule has 2 aliphatic heterocycles. The second-order valence-corrected chi connectivity index (χ2v) is 12.8. The van der Waals surface area contributed by atoms with Gasteiger partial charge in [-0.3, -0.25) is 4.79 Å². The van der Waals surface area contributed by atoms with Gasteiger partial charge in [0.25, 0.3) is 0 Å². The zero-order chi connectivity index (χ0) is 25.2. The molecule has 0 radical (unpaired) electrons. The summed E-state index contributed by atoms with van der Waals surface area (Å²) >= 11 is 0. The van der Waals surface area contributed by atoms with Crippen molar-refractivity contribution in [2.24, 2.45) is 5.92 Å². The van der Waals surface area contributed by atoms with E-state index in [0.717, 1.165) is 12.1 Å². The first-order chi connectivity index (χ1) is 16.6. The van der Waals surface area contributed by atoms with Gasteiger partial charge in [-0.25, -0.2) is 21.2 Å². The molecule has 0 spiro atoms. The molecule has 2 fully saturated rings. The average molecular weight is 525 g/mol. The zero-order valence-corrected chi connectivity index (χ0v) is 21.1. The molecule has 2 aromatic carbocycles. The number of piperidine rings is 1. The highest BCUT2D eigenvalue weighted by Gasteiger charge is 2.33. The van der Waals surface area contributed by atoms with Crippen LogP contribution in [0.1, 0.15) is 12.8 Å². The summed E-state index contributed by atoms with van der Waals surface area (Å²) in [5.41, 5.74) is 0.436. The van der Waals surface area contributed by atoms with Crippen LogP contribution < -0.4 is 5.32 Å². The lowest BCUT2D eigenvalue weighted by Crippen LogP contribution is -2.47. The highest BCUT2D eigenvalue weighted by atomic mass is 32.2. The van der Waals surface area contributed by atoms with Crippen molar-refractivity contribution in [3.05, 3.63) is 54.3 Å². The Morgan fingerprint density at radius 2 is 1.37 bits per heavy atom. The van der Waals surface area contributed by atoms with Crippen LogP contribution in [0.3, 0.4) is 0 Å². The van der Waals surface area contributed by atoms with Crippen LogP contribution in [-0.4, -0.2) is 82.6 Å². The highest BCUT2D eigenvalue weighted by Crippen LogP contribution is 2.26. The van der Waals surface area contributed by atoms with Gasteiger partial charge in [0.2, 0.25) is 26.0 Å². The number of carbonyl (C=O) groups is 1. The van der Waals surface area contributed by atoms with Gasteiger partial charge in [-0.1, -0.05) is 0 Å². The fourth-order valence-corrected chi connectivity index (χ4v) is 7.21. The molecule has 0 aliphatic carbocycles. The molecule has 2 aliphatic rings. The van der Waals surface area contributed by atoms with E-state index in [1.807, 2.05) is 7.05 Å². The molecule has 12 heteroatoms. The number of nitrogens with one attached hydrogen (secondary N) is 1. The maximum Gasteiger partial charge on any atom is 0.243 e. The molecule has 0 saturated carbocycles. The summed E-state index contributed by atoms with van der Waals surface area (Å²) in [6.07, 6.45) is 1.04. The standard InChI is InChI=1S/C23H29FN4O5S2/c1-26-13-15-27(16-14-26)34(30,31)22-10-6-20(7-11-22)25-23(29)18-3-2-12-28(17-18)35(32,33)21-8-4-19(24)5-9-21/h4-11,18H,2-3,12-17H2,1H3,(H,25,29)/t18-/m0/s1. The van der Waals surface area contributed by atoms with E-state index in [2.05, 4.69) is 10.2 Å². The Labute approximate surface area is 205 Å². The minimum Gasteiger partial charge on any atom is -0.326 e. The third kappa shape index (κ3) is 5.72. The van der Waals surface area contributed by atoms with Crippen molar-refractivity contribution < 1.29 is 26.0 Å². The van der Waals surface area contributed by atoms with Crippen LogP contribution in [0, 0.1) is 11.7 Å². The van der Waals surface area contributed by atoms with E-state index < -0.39 is 31.8 Å². The average Bonchev–Trinajstić information content (AvgIpc) is 2.85. The van der Waals surface area contributed by atoms with Crippen LogP contribution in [-0.2, 0) is 24.8 Å². The van der Waals surface area contributed by atoms with E-state index in [-0.39, 0.29) is 28.8 Å². The topological polar surface area (TPSA) is 107 Å². The molecule has 35 heavy (non-hydrogen) atoms. The Bertz CT molecular complexity index is 1260. The molecule has 2 saturated heterocycles. The van der Waals surface area contributed by atoms with Crippen LogP contribution in [0.25, 0.3) is 0 Å². The Kier molecular flexibility index (Phi) is 7.57. The summed E-state index contributed by atoms with van der Waals surface area (Å²) in [4.78, 5) is 15.1. The van der Waals surface area contributed by atoms with E-state index in [9.17, 15) is 26.0 Å². The minimum absolute atomic E-state index is 0.0153. The maximum absolute atomic E-state index is 13.2. The number of likely N-dealkylation sites (N-methyl/N-ethyl adjacent to an activating group) is 1. The van der Waals surface area contributed by atoms with Crippen molar-refractivity contribution in [2.45, 2.75) is 22.6 Å². The monoisotopic (exact) mass is 524 g/mol. The van der Waals surface area contributed by atoms with Crippen molar-refractivity contribution in [1.29, 1.82) is 0 Å². The molecule has 9 nitrogen and oxygen atoms in total. The van der Waals surface area contributed by atoms with E-state index in [4.69, 9.17) is 0 Å². The molecule has 1 atom stereocenters. The van der Waals surface area contributed by atoms with Gasteiger partial charge in [-0.2, -0.15) is 8.61 Å². The van der Waals surface area contributed by atoms with Crippen LogP contribution in [0.15, 0.2) is 58.3 Å². The molecule has 4 rings (SSSR count). The van der Waals surface area contributed by atoms with Crippen LogP contribution in [0.4, 0.5) is 10.1 Å². The second-order valence-electron chi connectivity index (χ2n) is 8.88. The van der Waals surface area contributed by atoms with E-state index in [1.54, 1.807) is 0 Å². The van der Waals surface area contributed by atoms with Crippen LogP contribution >= 0.6 is 0 Å². The fourth-order valence-electron chi connectivity index (χ4n) is 4.26. The molecule has 2 aromatic rings. The normalized spacial score (nSPS) is 21.0. The smallest absolute Gasteiger partial charge is 0.243 e. The lowest BCUT2D eigenvalue weighted by molar-refractivity contribution is -0.120. The number of halogens is 1.